The van der Waals surface area contributed by atoms with Gasteiger partial charge in [0.25, 0.3) is 0 Å². The fourth-order valence-corrected chi connectivity index (χ4v) is 3.53. The highest BCUT2D eigenvalue weighted by atomic mass is 35.5. The van der Waals surface area contributed by atoms with E-state index >= 15 is 0 Å². The predicted molar refractivity (Wildman–Crippen MR) is 90.7 cm³/mol. The van der Waals surface area contributed by atoms with Gasteiger partial charge in [-0.2, -0.15) is 0 Å². The predicted octanol–water partition coefficient (Wildman–Crippen LogP) is 4.81. The molecule has 0 aliphatic rings. The first-order valence-electron chi connectivity index (χ1n) is 6.73. The van der Waals surface area contributed by atoms with E-state index in [4.69, 9.17) is 16.0 Å². The molecule has 22 heavy (non-hydrogen) atoms. The first-order chi connectivity index (χ1) is 10.7. The van der Waals surface area contributed by atoms with Crippen LogP contribution in [0.15, 0.2) is 57.7 Å². The van der Waals surface area contributed by atoms with Crippen molar-refractivity contribution in [1.29, 1.82) is 0 Å². The summed E-state index contributed by atoms with van der Waals surface area (Å²) in [7, 11) is 0. The number of rotatable bonds is 2. The number of alkyl halides is 1. The zero-order valence-electron chi connectivity index (χ0n) is 11.4. The fourth-order valence-electron chi connectivity index (χ4n) is 2.39. The van der Waals surface area contributed by atoms with Crippen LogP contribution in [0.1, 0.15) is 5.56 Å². The molecule has 0 saturated carbocycles. The second kappa shape index (κ2) is 5.23. The summed E-state index contributed by atoms with van der Waals surface area (Å²) < 4.78 is 6.46. The molecule has 0 atom stereocenters. The lowest BCUT2D eigenvalue weighted by molar-refractivity contribution is 0.563. The van der Waals surface area contributed by atoms with Gasteiger partial charge in [0.15, 0.2) is 0 Å². The van der Waals surface area contributed by atoms with Crippen molar-refractivity contribution >= 4 is 44.1 Å². The minimum absolute atomic E-state index is 0.370. The average molecular weight is 328 g/mol. The van der Waals surface area contributed by atoms with Gasteiger partial charge >= 0.3 is 5.63 Å². The Morgan fingerprint density at radius 3 is 2.82 bits per heavy atom. The Hall–Kier alpha value is -2.17. The molecular weight excluding hydrogens is 318 g/mol. The number of aromatic nitrogens is 1. The van der Waals surface area contributed by atoms with E-state index in [9.17, 15) is 4.79 Å². The Balaban J connectivity index is 1.96. The molecule has 2 heterocycles. The number of para-hydroxylation sites is 1. The third-order valence-electron chi connectivity index (χ3n) is 3.48. The molecule has 4 rings (SSSR count). The van der Waals surface area contributed by atoms with Gasteiger partial charge < -0.3 is 4.42 Å². The normalized spacial score (nSPS) is 11.3. The number of halogens is 1. The molecule has 2 aromatic carbocycles. The molecule has 0 N–H and O–H groups in total. The summed E-state index contributed by atoms with van der Waals surface area (Å²) in [5, 5.41) is 1.53. The summed E-state index contributed by atoms with van der Waals surface area (Å²) in [5.74, 6) is 0.422. The molecule has 0 amide bonds. The van der Waals surface area contributed by atoms with Gasteiger partial charge in [-0.3, -0.25) is 0 Å². The van der Waals surface area contributed by atoms with E-state index in [2.05, 4.69) is 4.98 Å². The van der Waals surface area contributed by atoms with Crippen molar-refractivity contribution < 1.29 is 4.42 Å². The summed E-state index contributed by atoms with van der Waals surface area (Å²) in [4.78, 5) is 16.8. The van der Waals surface area contributed by atoms with E-state index in [0.717, 1.165) is 21.2 Å². The van der Waals surface area contributed by atoms with Crippen LogP contribution in [-0.4, -0.2) is 4.98 Å². The highest BCUT2D eigenvalue weighted by Crippen LogP contribution is 2.30. The molecule has 0 bridgehead atoms. The van der Waals surface area contributed by atoms with Crippen LogP contribution in [0.2, 0.25) is 0 Å². The number of benzene rings is 2. The van der Waals surface area contributed by atoms with Gasteiger partial charge in [-0.15, -0.1) is 22.9 Å². The minimum atomic E-state index is -0.370. The Labute approximate surface area is 134 Å². The van der Waals surface area contributed by atoms with Crippen molar-refractivity contribution in [1.82, 2.24) is 4.98 Å². The van der Waals surface area contributed by atoms with Gasteiger partial charge in [-0.25, -0.2) is 9.78 Å². The van der Waals surface area contributed by atoms with Gasteiger partial charge in [-0.1, -0.05) is 18.2 Å². The van der Waals surface area contributed by atoms with Crippen molar-refractivity contribution in [2.75, 3.05) is 0 Å². The highest BCUT2D eigenvalue weighted by Gasteiger charge is 2.12. The quantitative estimate of drug-likeness (QED) is 0.392. The van der Waals surface area contributed by atoms with Gasteiger partial charge in [-0.05, 0) is 35.9 Å². The topological polar surface area (TPSA) is 43.1 Å². The Morgan fingerprint density at radius 2 is 2.00 bits per heavy atom. The molecule has 0 unspecified atom stereocenters. The monoisotopic (exact) mass is 327 g/mol. The molecule has 108 valence electrons. The standard InChI is InChI=1S/C17H10ClNO2S/c18-9-10-5-6-14-11(7-10)8-12(17(20)21-14)16-19-13-3-1-2-4-15(13)22-16/h1-8H,9H2. The molecular formula is C17H10ClNO2S. The zero-order chi connectivity index (χ0) is 15.1. The molecule has 0 radical (unpaired) electrons. The maximum Gasteiger partial charge on any atom is 0.346 e. The summed E-state index contributed by atoms with van der Waals surface area (Å²) in [6.45, 7) is 0. The molecule has 3 nitrogen and oxygen atoms in total. The summed E-state index contributed by atoms with van der Waals surface area (Å²) in [5.41, 5.74) is 2.55. The zero-order valence-corrected chi connectivity index (χ0v) is 12.9. The summed E-state index contributed by atoms with van der Waals surface area (Å²) in [6, 6.07) is 15.2. The SMILES string of the molecule is O=c1oc2ccc(CCl)cc2cc1-c1nc2ccccc2s1. The number of hydrogen-bond donors (Lipinski definition) is 0. The summed E-state index contributed by atoms with van der Waals surface area (Å²) >= 11 is 7.35. The summed E-state index contributed by atoms with van der Waals surface area (Å²) in [6.07, 6.45) is 0. The molecule has 0 saturated heterocycles. The van der Waals surface area contributed by atoms with Crippen molar-refractivity contribution in [2.45, 2.75) is 5.88 Å². The average Bonchev–Trinajstić information content (AvgIpc) is 2.97. The van der Waals surface area contributed by atoms with Crippen LogP contribution in [0.5, 0.6) is 0 Å². The molecule has 0 fully saturated rings. The van der Waals surface area contributed by atoms with Crippen LogP contribution in [-0.2, 0) is 5.88 Å². The lowest BCUT2D eigenvalue weighted by atomic mass is 10.1. The van der Waals surface area contributed by atoms with E-state index in [1.54, 1.807) is 6.07 Å². The van der Waals surface area contributed by atoms with Gasteiger partial charge in [0.1, 0.15) is 10.6 Å². The van der Waals surface area contributed by atoms with Crippen LogP contribution in [0, 0.1) is 0 Å². The molecule has 0 aliphatic carbocycles. The smallest absolute Gasteiger partial charge is 0.346 e. The largest absolute Gasteiger partial charge is 0.422 e. The fraction of sp³-hybridized carbons (Fsp3) is 0.0588. The van der Waals surface area contributed by atoms with Crippen LogP contribution in [0.3, 0.4) is 0 Å². The van der Waals surface area contributed by atoms with Crippen molar-refractivity contribution in [2.24, 2.45) is 0 Å². The third kappa shape index (κ3) is 2.21. The van der Waals surface area contributed by atoms with Crippen LogP contribution in [0.4, 0.5) is 0 Å². The van der Waals surface area contributed by atoms with Crippen molar-refractivity contribution in [3.8, 4) is 10.6 Å². The van der Waals surface area contributed by atoms with Crippen LogP contribution in [0.25, 0.3) is 31.8 Å². The van der Waals surface area contributed by atoms with Gasteiger partial charge in [0, 0.05) is 11.3 Å². The highest BCUT2D eigenvalue weighted by molar-refractivity contribution is 7.21. The number of nitrogens with zero attached hydrogens (tertiary/aromatic N) is 1. The van der Waals surface area contributed by atoms with E-state index in [1.807, 2.05) is 42.5 Å². The molecule has 2 aromatic heterocycles. The number of hydrogen-bond acceptors (Lipinski definition) is 4. The van der Waals surface area contributed by atoms with Gasteiger partial charge in [0.2, 0.25) is 0 Å². The molecule has 0 aliphatic heterocycles. The number of thiazole rings is 1. The van der Waals surface area contributed by atoms with Gasteiger partial charge in [0.05, 0.1) is 15.8 Å². The second-order valence-corrected chi connectivity index (χ2v) is 6.24. The first-order valence-corrected chi connectivity index (χ1v) is 8.08. The van der Waals surface area contributed by atoms with E-state index in [1.165, 1.54) is 11.3 Å². The van der Waals surface area contributed by atoms with Crippen molar-refractivity contribution in [3.63, 3.8) is 0 Å². The molecule has 0 spiro atoms. The third-order valence-corrected chi connectivity index (χ3v) is 4.85. The van der Waals surface area contributed by atoms with Crippen LogP contribution >= 0.6 is 22.9 Å². The Kier molecular flexibility index (Phi) is 3.21. The lowest BCUT2D eigenvalue weighted by Crippen LogP contribution is -2.02. The maximum absolute atomic E-state index is 12.2. The van der Waals surface area contributed by atoms with E-state index < -0.39 is 0 Å². The Bertz CT molecular complexity index is 1020. The first kappa shape index (κ1) is 13.5. The minimum Gasteiger partial charge on any atom is -0.422 e. The van der Waals surface area contributed by atoms with E-state index in [-0.39, 0.29) is 5.63 Å². The second-order valence-electron chi connectivity index (χ2n) is 4.94. The molecule has 5 heteroatoms. The lowest BCUT2D eigenvalue weighted by Gasteiger charge is -2.01. The maximum atomic E-state index is 12.2. The number of fused-ring (bicyclic) bond motifs is 2. The van der Waals surface area contributed by atoms with E-state index in [0.29, 0.717) is 22.0 Å². The van der Waals surface area contributed by atoms with Crippen LogP contribution < -0.4 is 5.63 Å². The molecule has 4 aromatic rings. The van der Waals surface area contributed by atoms with Crippen molar-refractivity contribution in [3.05, 3.63) is 64.5 Å². The Morgan fingerprint density at radius 1 is 1.14 bits per heavy atom.